The summed E-state index contributed by atoms with van der Waals surface area (Å²) in [5, 5.41) is 11.4. The SMILES string of the molecule is CCn1c2ccccc2c2cc(NC(=O)CNC(=O)c3ccsc3)ccc21. The Balaban J connectivity index is 1.53. The van der Waals surface area contributed by atoms with Crippen LogP contribution in [0, 0.1) is 0 Å². The van der Waals surface area contributed by atoms with Gasteiger partial charge in [-0.2, -0.15) is 11.3 Å². The highest BCUT2D eigenvalue weighted by Gasteiger charge is 2.12. The van der Waals surface area contributed by atoms with Crippen molar-refractivity contribution in [1.29, 1.82) is 0 Å². The molecule has 0 spiro atoms. The zero-order valence-electron chi connectivity index (χ0n) is 14.9. The molecule has 2 aromatic heterocycles. The van der Waals surface area contributed by atoms with Crippen LogP contribution in [0.3, 0.4) is 0 Å². The highest BCUT2D eigenvalue weighted by Crippen LogP contribution is 2.30. The predicted octanol–water partition coefficient (Wildman–Crippen LogP) is 4.24. The van der Waals surface area contributed by atoms with Crippen LogP contribution in [0.25, 0.3) is 21.8 Å². The molecular formula is C21H19N3O2S. The molecule has 0 aliphatic heterocycles. The average molecular weight is 377 g/mol. The van der Waals surface area contributed by atoms with Gasteiger partial charge >= 0.3 is 0 Å². The van der Waals surface area contributed by atoms with Crippen LogP contribution in [0.1, 0.15) is 17.3 Å². The summed E-state index contributed by atoms with van der Waals surface area (Å²) >= 11 is 1.45. The van der Waals surface area contributed by atoms with Gasteiger partial charge < -0.3 is 15.2 Å². The number of carbonyl (C=O) groups excluding carboxylic acids is 2. The predicted molar refractivity (Wildman–Crippen MR) is 110 cm³/mol. The molecule has 5 nitrogen and oxygen atoms in total. The number of hydrogen-bond donors (Lipinski definition) is 2. The molecule has 2 heterocycles. The summed E-state index contributed by atoms with van der Waals surface area (Å²) < 4.78 is 2.26. The molecule has 2 N–H and O–H groups in total. The second-order valence-electron chi connectivity index (χ2n) is 6.24. The molecule has 0 unspecified atom stereocenters. The van der Waals surface area contributed by atoms with Crippen LogP contribution >= 0.6 is 11.3 Å². The molecule has 0 aliphatic carbocycles. The summed E-state index contributed by atoms with van der Waals surface area (Å²) in [6.07, 6.45) is 0. The van der Waals surface area contributed by atoms with E-state index in [1.54, 1.807) is 11.4 Å². The zero-order valence-corrected chi connectivity index (χ0v) is 15.7. The Labute approximate surface area is 160 Å². The van der Waals surface area contributed by atoms with E-state index in [4.69, 9.17) is 0 Å². The third kappa shape index (κ3) is 3.31. The van der Waals surface area contributed by atoms with Crippen LogP contribution in [0.15, 0.2) is 59.3 Å². The third-order valence-electron chi connectivity index (χ3n) is 4.57. The molecule has 0 fully saturated rings. The lowest BCUT2D eigenvalue weighted by Gasteiger charge is -2.07. The number of anilines is 1. The number of aryl methyl sites for hydroxylation is 1. The molecule has 0 saturated heterocycles. The summed E-state index contributed by atoms with van der Waals surface area (Å²) in [7, 11) is 0. The topological polar surface area (TPSA) is 63.1 Å². The lowest BCUT2D eigenvalue weighted by Crippen LogP contribution is -2.32. The zero-order chi connectivity index (χ0) is 18.8. The van der Waals surface area contributed by atoms with E-state index in [9.17, 15) is 9.59 Å². The molecule has 0 aliphatic rings. The van der Waals surface area contributed by atoms with Crippen molar-refractivity contribution in [3.05, 3.63) is 64.9 Å². The summed E-state index contributed by atoms with van der Waals surface area (Å²) in [6, 6.07) is 15.9. The molecule has 0 radical (unpaired) electrons. The number of nitrogens with one attached hydrogen (secondary N) is 2. The molecule has 2 amide bonds. The van der Waals surface area contributed by atoms with Gasteiger partial charge in [-0.1, -0.05) is 18.2 Å². The first-order valence-electron chi connectivity index (χ1n) is 8.78. The standard InChI is InChI=1S/C21H19N3O2S/c1-2-24-18-6-4-3-5-16(18)17-11-15(7-8-19(17)24)23-20(25)12-22-21(26)14-9-10-27-13-14/h3-11,13H,2,12H2,1H3,(H,22,26)(H,23,25). The van der Waals surface area contributed by atoms with Crippen LogP contribution in [-0.2, 0) is 11.3 Å². The number of thiophene rings is 1. The average Bonchev–Trinajstić information content (AvgIpc) is 3.32. The van der Waals surface area contributed by atoms with E-state index in [2.05, 4.69) is 34.3 Å². The maximum Gasteiger partial charge on any atom is 0.252 e. The fraction of sp³-hybridized carbons (Fsp3) is 0.143. The Kier molecular flexibility index (Phi) is 4.64. The van der Waals surface area contributed by atoms with Gasteiger partial charge in [-0.3, -0.25) is 9.59 Å². The number of hydrogen-bond acceptors (Lipinski definition) is 3. The van der Waals surface area contributed by atoms with E-state index in [0.717, 1.165) is 28.5 Å². The van der Waals surface area contributed by atoms with Gasteiger partial charge in [0.1, 0.15) is 0 Å². The Morgan fingerprint density at radius 3 is 2.63 bits per heavy atom. The largest absolute Gasteiger partial charge is 0.343 e. The first-order valence-corrected chi connectivity index (χ1v) is 9.73. The van der Waals surface area contributed by atoms with E-state index in [-0.39, 0.29) is 18.4 Å². The van der Waals surface area contributed by atoms with Gasteiger partial charge in [-0.25, -0.2) is 0 Å². The second-order valence-corrected chi connectivity index (χ2v) is 7.02. The van der Waals surface area contributed by atoms with Gasteiger partial charge in [0.15, 0.2) is 0 Å². The van der Waals surface area contributed by atoms with Crippen molar-refractivity contribution in [1.82, 2.24) is 9.88 Å². The Morgan fingerprint density at radius 1 is 1.04 bits per heavy atom. The quantitative estimate of drug-likeness (QED) is 0.546. The molecule has 4 rings (SSSR count). The minimum atomic E-state index is -0.253. The van der Waals surface area contributed by atoms with E-state index >= 15 is 0 Å². The molecule has 0 atom stereocenters. The maximum atomic E-state index is 12.2. The van der Waals surface area contributed by atoms with Crippen LogP contribution in [-0.4, -0.2) is 22.9 Å². The Morgan fingerprint density at radius 2 is 1.85 bits per heavy atom. The number of fused-ring (bicyclic) bond motifs is 3. The van der Waals surface area contributed by atoms with Crippen LogP contribution < -0.4 is 10.6 Å². The number of nitrogens with zero attached hydrogens (tertiary/aromatic N) is 1. The van der Waals surface area contributed by atoms with E-state index in [1.165, 1.54) is 16.9 Å². The summed E-state index contributed by atoms with van der Waals surface area (Å²) in [4.78, 5) is 24.2. The molecule has 6 heteroatoms. The highest BCUT2D eigenvalue weighted by atomic mass is 32.1. The number of rotatable bonds is 5. The molecule has 4 aromatic rings. The highest BCUT2D eigenvalue weighted by molar-refractivity contribution is 7.08. The number of carbonyl (C=O) groups is 2. The molecule has 2 aromatic carbocycles. The van der Waals surface area contributed by atoms with Crippen molar-refractivity contribution in [3.63, 3.8) is 0 Å². The number of amides is 2. The van der Waals surface area contributed by atoms with Crippen LogP contribution in [0.5, 0.6) is 0 Å². The van der Waals surface area contributed by atoms with Gasteiger partial charge in [-0.05, 0) is 42.6 Å². The fourth-order valence-corrected chi connectivity index (χ4v) is 3.97. The van der Waals surface area contributed by atoms with Gasteiger partial charge in [0.05, 0.1) is 6.54 Å². The van der Waals surface area contributed by atoms with Gasteiger partial charge in [0.25, 0.3) is 5.91 Å². The molecule has 0 bridgehead atoms. The number of para-hydroxylation sites is 1. The molecule has 27 heavy (non-hydrogen) atoms. The number of aromatic nitrogens is 1. The van der Waals surface area contributed by atoms with Crippen molar-refractivity contribution < 1.29 is 9.59 Å². The molecule has 0 saturated carbocycles. The monoisotopic (exact) mass is 377 g/mol. The fourth-order valence-electron chi connectivity index (χ4n) is 3.33. The van der Waals surface area contributed by atoms with Gasteiger partial charge in [-0.15, -0.1) is 0 Å². The first kappa shape index (κ1) is 17.3. The smallest absolute Gasteiger partial charge is 0.252 e. The van der Waals surface area contributed by atoms with E-state index < -0.39 is 0 Å². The number of benzene rings is 2. The lowest BCUT2D eigenvalue weighted by molar-refractivity contribution is -0.115. The summed E-state index contributed by atoms with van der Waals surface area (Å²) in [6.45, 7) is 2.94. The second kappa shape index (κ2) is 7.25. The van der Waals surface area contributed by atoms with Crippen LogP contribution in [0.4, 0.5) is 5.69 Å². The van der Waals surface area contributed by atoms with Crippen molar-refractivity contribution in [2.45, 2.75) is 13.5 Å². The van der Waals surface area contributed by atoms with Gasteiger partial charge in [0, 0.05) is 45.0 Å². The van der Waals surface area contributed by atoms with Crippen molar-refractivity contribution in [2.24, 2.45) is 0 Å². The third-order valence-corrected chi connectivity index (χ3v) is 5.25. The van der Waals surface area contributed by atoms with Crippen molar-refractivity contribution in [2.75, 3.05) is 11.9 Å². The van der Waals surface area contributed by atoms with E-state index in [1.807, 2.05) is 35.7 Å². The van der Waals surface area contributed by atoms with E-state index in [0.29, 0.717) is 5.56 Å². The normalized spacial score (nSPS) is 11.0. The Bertz CT molecular complexity index is 1130. The van der Waals surface area contributed by atoms with Gasteiger partial charge in [0.2, 0.25) is 5.91 Å². The first-order chi connectivity index (χ1) is 13.2. The summed E-state index contributed by atoms with van der Waals surface area (Å²) in [5.74, 6) is -0.495. The maximum absolute atomic E-state index is 12.2. The minimum absolute atomic E-state index is 0.0660. The van der Waals surface area contributed by atoms with Crippen molar-refractivity contribution in [3.8, 4) is 0 Å². The molecular weight excluding hydrogens is 358 g/mol. The van der Waals surface area contributed by atoms with Crippen molar-refractivity contribution >= 4 is 50.6 Å². The lowest BCUT2D eigenvalue weighted by atomic mass is 10.1. The Hall–Kier alpha value is -3.12. The summed E-state index contributed by atoms with van der Waals surface area (Å²) in [5.41, 5.74) is 3.61. The van der Waals surface area contributed by atoms with Crippen LogP contribution in [0.2, 0.25) is 0 Å². The molecule has 136 valence electrons. The minimum Gasteiger partial charge on any atom is -0.343 e.